The Morgan fingerprint density at radius 2 is 1.77 bits per heavy atom. The Morgan fingerprint density at radius 1 is 1.12 bits per heavy atom. The molecule has 5 nitrogen and oxygen atoms in total. The van der Waals surface area contributed by atoms with E-state index < -0.39 is 16.0 Å². The lowest BCUT2D eigenvalue weighted by molar-refractivity contribution is 0.0600. The van der Waals surface area contributed by atoms with Gasteiger partial charge in [-0.1, -0.05) is 50.2 Å². The van der Waals surface area contributed by atoms with Crippen LogP contribution in [0.15, 0.2) is 59.5 Å². The number of hydrogen-bond acceptors (Lipinski definition) is 4. The molecule has 0 fully saturated rings. The second-order valence-corrected chi connectivity index (χ2v) is 8.71. The van der Waals surface area contributed by atoms with Crippen LogP contribution in [0.1, 0.15) is 43.1 Å². The second kappa shape index (κ2) is 8.01. The first-order valence-electron chi connectivity index (χ1n) is 8.42. The van der Waals surface area contributed by atoms with E-state index in [1.54, 1.807) is 0 Å². The Balaban J connectivity index is 2.15. The summed E-state index contributed by atoms with van der Waals surface area (Å²) >= 11 is 0. The fourth-order valence-electron chi connectivity index (χ4n) is 3.06. The Hall–Kier alpha value is -2.18. The molecule has 0 amide bonds. The fourth-order valence-corrected chi connectivity index (χ4v) is 4.34. The van der Waals surface area contributed by atoms with Gasteiger partial charge < -0.3 is 4.74 Å². The number of methoxy groups -OCH3 is 1. The minimum atomic E-state index is -3.74. The Morgan fingerprint density at radius 3 is 2.38 bits per heavy atom. The number of nitrogens with one attached hydrogen (secondary N) is 1. The maximum atomic E-state index is 12.7. The van der Waals surface area contributed by atoms with E-state index >= 15 is 0 Å². The molecule has 0 heterocycles. The van der Waals surface area contributed by atoms with Crippen LogP contribution in [0.2, 0.25) is 0 Å². The normalized spacial score (nSPS) is 13.2. The van der Waals surface area contributed by atoms with E-state index in [9.17, 15) is 13.2 Å². The summed E-state index contributed by atoms with van der Waals surface area (Å²) in [7, 11) is -2.48. The fraction of sp³-hybridized carbons (Fsp3) is 0.350. The first-order chi connectivity index (χ1) is 12.2. The third-order valence-electron chi connectivity index (χ3n) is 4.29. The zero-order valence-electron chi connectivity index (χ0n) is 15.5. The summed E-state index contributed by atoms with van der Waals surface area (Å²) in [6, 6.07) is 15.5. The topological polar surface area (TPSA) is 72.5 Å². The first-order valence-corrected chi connectivity index (χ1v) is 9.90. The maximum absolute atomic E-state index is 12.7. The molecular weight excluding hydrogens is 350 g/mol. The molecule has 0 saturated carbocycles. The van der Waals surface area contributed by atoms with Gasteiger partial charge in [0.2, 0.25) is 10.0 Å². The molecule has 2 aromatic carbocycles. The Bertz CT molecular complexity index is 860. The summed E-state index contributed by atoms with van der Waals surface area (Å²) in [5, 5.41) is 0. The molecule has 0 aliphatic heterocycles. The number of ether oxygens (including phenoxy) is 1. The molecular formula is C20H25NO4S. The van der Waals surface area contributed by atoms with E-state index in [4.69, 9.17) is 0 Å². The number of rotatable bonds is 7. The minimum Gasteiger partial charge on any atom is -0.465 e. The van der Waals surface area contributed by atoms with E-state index in [0.717, 1.165) is 5.56 Å². The highest BCUT2D eigenvalue weighted by Gasteiger charge is 2.26. The van der Waals surface area contributed by atoms with Crippen LogP contribution in [-0.2, 0) is 20.2 Å². The van der Waals surface area contributed by atoms with Gasteiger partial charge in [0.1, 0.15) is 0 Å². The predicted octanol–water partition coefficient (Wildman–Crippen LogP) is 3.51. The van der Waals surface area contributed by atoms with E-state index in [0.29, 0.717) is 6.42 Å². The van der Waals surface area contributed by atoms with Crippen molar-refractivity contribution in [2.24, 2.45) is 0 Å². The van der Waals surface area contributed by atoms with Gasteiger partial charge in [-0.15, -0.1) is 0 Å². The second-order valence-electron chi connectivity index (χ2n) is 7.00. The van der Waals surface area contributed by atoms with Crippen LogP contribution in [0.4, 0.5) is 0 Å². The molecule has 6 heteroatoms. The Labute approximate surface area is 155 Å². The van der Waals surface area contributed by atoms with Crippen molar-refractivity contribution in [3.63, 3.8) is 0 Å². The van der Waals surface area contributed by atoms with Crippen molar-refractivity contribution < 1.29 is 17.9 Å². The van der Waals surface area contributed by atoms with Crippen LogP contribution >= 0.6 is 0 Å². The van der Waals surface area contributed by atoms with Gasteiger partial charge >= 0.3 is 5.97 Å². The van der Waals surface area contributed by atoms with Crippen LogP contribution in [0.3, 0.4) is 0 Å². The maximum Gasteiger partial charge on any atom is 0.337 e. The summed E-state index contributed by atoms with van der Waals surface area (Å²) in [5.74, 6) is -0.569. The molecule has 1 atom stereocenters. The zero-order chi connectivity index (χ0) is 19.4. The van der Waals surface area contributed by atoms with Crippen molar-refractivity contribution in [1.82, 2.24) is 4.72 Å². The molecule has 0 aliphatic carbocycles. The van der Waals surface area contributed by atoms with Crippen molar-refractivity contribution in [3.05, 3.63) is 65.7 Å². The van der Waals surface area contributed by atoms with Crippen molar-refractivity contribution in [3.8, 4) is 0 Å². The highest BCUT2D eigenvalue weighted by atomic mass is 32.2. The number of benzene rings is 2. The Kier molecular flexibility index (Phi) is 6.21. The van der Waals surface area contributed by atoms with E-state index in [1.807, 2.05) is 37.3 Å². The average molecular weight is 375 g/mol. The van der Waals surface area contributed by atoms with Crippen LogP contribution in [-0.4, -0.2) is 27.5 Å². The summed E-state index contributed by atoms with van der Waals surface area (Å²) in [5.41, 5.74) is 1.17. The monoisotopic (exact) mass is 375 g/mol. The van der Waals surface area contributed by atoms with Gasteiger partial charge in [0.05, 0.1) is 17.6 Å². The lowest BCUT2D eigenvalue weighted by Gasteiger charge is -2.29. The van der Waals surface area contributed by atoms with Crippen LogP contribution in [0.25, 0.3) is 0 Å². The first kappa shape index (κ1) is 20.1. The molecule has 0 aliphatic rings. The standard InChI is InChI=1S/C20H25NO4S/c1-15(14-20(2,3)17-10-6-5-7-11-17)21-26(23,24)18-12-8-9-16(13-18)19(22)25-4/h5-13,15,21H,14H2,1-4H3/t15-/m1/s1. The zero-order valence-corrected chi connectivity index (χ0v) is 16.3. The van der Waals surface area contributed by atoms with Crippen LogP contribution < -0.4 is 4.72 Å². The summed E-state index contributed by atoms with van der Waals surface area (Å²) in [6.45, 7) is 6.02. The molecule has 0 aromatic heterocycles. The smallest absolute Gasteiger partial charge is 0.337 e. The highest BCUT2D eigenvalue weighted by Crippen LogP contribution is 2.28. The molecule has 1 N–H and O–H groups in total. The lowest BCUT2D eigenvalue weighted by Crippen LogP contribution is -2.37. The molecule has 0 radical (unpaired) electrons. The number of sulfonamides is 1. The minimum absolute atomic E-state index is 0.0461. The third kappa shape index (κ3) is 4.93. The molecule has 2 aromatic rings. The van der Waals surface area contributed by atoms with E-state index in [2.05, 4.69) is 23.3 Å². The van der Waals surface area contributed by atoms with Gasteiger partial charge in [0.25, 0.3) is 0 Å². The van der Waals surface area contributed by atoms with Gasteiger partial charge in [-0.25, -0.2) is 17.9 Å². The van der Waals surface area contributed by atoms with Crippen LogP contribution in [0.5, 0.6) is 0 Å². The summed E-state index contributed by atoms with van der Waals surface area (Å²) < 4.78 is 32.7. The number of carbonyl (C=O) groups is 1. The SMILES string of the molecule is COC(=O)c1cccc(S(=O)(=O)N[C@H](C)CC(C)(C)c2ccccc2)c1. The average Bonchev–Trinajstić information content (AvgIpc) is 2.61. The molecule has 140 valence electrons. The molecule has 0 saturated heterocycles. The number of esters is 1. The van der Waals surface area contributed by atoms with Gasteiger partial charge in [-0.05, 0) is 42.5 Å². The van der Waals surface area contributed by atoms with Crippen LogP contribution in [0, 0.1) is 0 Å². The quantitative estimate of drug-likeness (QED) is 0.752. The van der Waals surface area contributed by atoms with E-state index in [-0.39, 0.29) is 21.9 Å². The van der Waals surface area contributed by atoms with Gasteiger partial charge in [0.15, 0.2) is 0 Å². The molecule has 0 spiro atoms. The predicted molar refractivity (Wildman–Crippen MR) is 102 cm³/mol. The number of carbonyl (C=O) groups excluding carboxylic acids is 1. The highest BCUT2D eigenvalue weighted by molar-refractivity contribution is 7.89. The summed E-state index contributed by atoms with van der Waals surface area (Å²) in [6.07, 6.45) is 0.632. The van der Waals surface area contributed by atoms with Crippen molar-refractivity contribution in [2.45, 2.75) is 43.5 Å². The van der Waals surface area contributed by atoms with Crippen molar-refractivity contribution >= 4 is 16.0 Å². The molecule has 2 rings (SSSR count). The van der Waals surface area contributed by atoms with Crippen molar-refractivity contribution in [2.75, 3.05) is 7.11 Å². The third-order valence-corrected chi connectivity index (χ3v) is 5.88. The molecule has 26 heavy (non-hydrogen) atoms. The van der Waals surface area contributed by atoms with Gasteiger partial charge in [-0.2, -0.15) is 0 Å². The van der Waals surface area contributed by atoms with E-state index in [1.165, 1.54) is 31.4 Å². The summed E-state index contributed by atoms with van der Waals surface area (Å²) in [4.78, 5) is 11.7. The lowest BCUT2D eigenvalue weighted by atomic mass is 9.79. The number of hydrogen-bond donors (Lipinski definition) is 1. The van der Waals surface area contributed by atoms with Gasteiger partial charge in [-0.3, -0.25) is 0 Å². The largest absolute Gasteiger partial charge is 0.465 e. The molecule has 0 bridgehead atoms. The van der Waals surface area contributed by atoms with Crippen molar-refractivity contribution in [1.29, 1.82) is 0 Å². The van der Waals surface area contributed by atoms with Gasteiger partial charge in [0, 0.05) is 6.04 Å². The molecule has 0 unspecified atom stereocenters.